The summed E-state index contributed by atoms with van der Waals surface area (Å²) in [4.78, 5) is 29.2. The molecule has 38 heavy (non-hydrogen) atoms. The molecule has 11 heteroatoms. The van der Waals surface area contributed by atoms with E-state index in [-0.39, 0.29) is 36.9 Å². The molecule has 3 atom stereocenters. The Labute approximate surface area is 224 Å². The summed E-state index contributed by atoms with van der Waals surface area (Å²) in [5.41, 5.74) is 1.94. The topological polar surface area (TPSA) is 79.3 Å². The van der Waals surface area contributed by atoms with E-state index in [4.69, 9.17) is 21.3 Å². The SMILES string of the molecule is Cc1nc2c(N3CCN(C(c4ccc(Cl)cc4)C4CC(F)(F)C4)CC3C)nc(=O)[nH]c2n1CC1CCCO1. The maximum Gasteiger partial charge on any atom is 0.348 e. The third-order valence-electron chi connectivity index (χ3n) is 8.32. The van der Waals surface area contributed by atoms with Gasteiger partial charge < -0.3 is 14.2 Å². The van der Waals surface area contributed by atoms with Gasteiger partial charge in [-0.25, -0.2) is 18.6 Å². The van der Waals surface area contributed by atoms with Gasteiger partial charge in [0.05, 0.1) is 12.6 Å². The van der Waals surface area contributed by atoms with Crippen molar-refractivity contribution in [1.29, 1.82) is 0 Å². The van der Waals surface area contributed by atoms with Crippen molar-refractivity contribution in [3.63, 3.8) is 0 Å². The molecule has 1 aliphatic carbocycles. The Morgan fingerprint density at radius 3 is 2.63 bits per heavy atom. The fourth-order valence-electron chi connectivity index (χ4n) is 6.47. The van der Waals surface area contributed by atoms with Crippen LogP contribution in [0.5, 0.6) is 0 Å². The monoisotopic (exact) mass is 546 g/mol. The van der Waals surface area contributed by atoms with Gasteiger partial charge in [-0.1, -0.05) is 23.7 Å². The first-order valence-corrected chi connectivity index (χ1v) is 13.8. The number of alkyl halides is 2. The molecular formula is C27H33ClF2N6O2. The summed E-state index contributed by atoms with van der Waals surface area (Å²) >= 11 is 6.12. The number of nitrogens with zero attached hydrogens (tertiary/aromatic N) is 5. The Balaban J connectivity index is 1.27. The fraction of sp³-hybridized carbons (Fsp3) is 0.593. The Hall–Kier alpha value is -2.56. The summed E-state index contributed by atoms with van der Waals surface area (Å²) in [6, 6.07) is 7.44. The second-order valence-electron chi connectivity index (χ2n) is 11.0. The number of halogens is 3. The highest BCUT2D eigenvalue weighted by Crippen LogP contribution is 2.50. The molecule has 1 aromatic carbocycles. The van der Waals surface area contributed by atoms with Crippen LogP contribution in [0.15, 0.2) is 29.1 Å². The molecule has 1 saturated carbocycles. The molecule has 3 unspecified atom stereocenters. The number of fused-ring (bicyclic) bond motifs is 1. The Kier molecular flexibility index (Phi) is 6.68. The lowest BCUT2D eigenvalue weighted by Gasteiger charge is -2.49. The van der Waals surface area contributed by atoms with Crippen molar-refractivity contribution in [3.05, 3.63) is 51.2 Å². The average molecular weight is 547 g/mol. The number of anilines is 1. The van der Waals surface area contributed by atoms with Crippen molar-refractivity contribution in [3.8, 4) is 0 Å². The molecule has 3 aromatic rings. The number of aryl methyl sites for hydroxylation is 1. The van der Waals surface area contributed by atoms with Crippen LogP contribution in [0.3, 0.4) is 0 Å². The maximum absolute atomic E-state index is 13.9. The molecule has 6 rings (SSSR count). The summed E-state index contributed by atoms with van der Waals surface area (Å²) in [6.45, 7) is 7.34. The number of benzene rings is 1. The van der Waals surface area contributed by atoms with Crippen molar-refractivity contribution >= 4 is 28.6 Å². The molecule has 0 radical (unpaired) electrons. The van der Waals surface area contributed by atoms with Gasteiger partial charge in [-0.05, 0) is 50.3 Å². The van der Waals surface area contributed by atoms with Crippen LogP contribution in [0.1, 0.15) is 50.0 Å². The predicted octanol–water partition coefficient (Wildman–Crippen LogP) is 4.56. The van der Waals surface area contributed by atoms with Gasteiger partial charge in [0.25, 0.3) is 0 Å². The molecule has 0 spiro atoms. The van der Waals surface area contributed by atoms with Gasteiger partial charge in [0.1, 0.15) is 17.0 Å². The lowest BCUT2D eigenvalue weighted by molar-refractivity contribution is -0.133. The van der Waals surface area contributed by atoms with E-state index < -0.39 is 11.6 Å². The van der Waals surface area contributed by atoms with Crippen LogP contribution in [0.2, 0.25) is 5.02 Å². The van der Waals surface area contributed by atoms with Crippen molar-refractivity contribution in [2.45, 2.75) is 70.2 Å². The molecule has 204 valence electrons. The maximum atomic E-state index is 13.9. The summed E-state index contributed by atoms with van der Waals surface area (Å²) in [5.74, 6) is -1.34. The normalized spacial score (nSPS) is 25.1. The minimum absolute atomic E-state index is 0.000239. The highest BCUT2D eigenvalue weighted by atomic mass is 35.5. The first-order valence-electron chi connectivity index (χ1n) is 13.4. The van der Waals surface area contributed by atoms with E-state index in [9.17, 15) is 13.6 Å². The van der Waals surface area contributed by atoms with Gasteiger partial charge >= 0.3 is 5.69 Å². The minimum Gasteiger partial charge on any atom is -0.376 e. The molecule has 4 heterocycles. The zero-order valence-electron chi connectivity index (χ0n) is 21.7. The largest absolute Gasteiger partial charge is 0.376 e. The van der Waals surface area contributed by atoms with Crippen LogP contribution in [0.4, 0.5) is 14.6 Å². The van der Waals surface area contributed by atoms with Crippen LogP contribution in [0, 0.1) is 12.8 Å². The Morgan fingerprint density at radius 1 is 1.21 bits per heavy atom. The number of hydrogen-bond acceptors (Lipinski definition) is 6. The van der Waals surface area contributed by atoms with E-state index in [2.05, 4.69) is 26.7 Å². The van der Waals surface area contributed by atoms with Gasteiger partial charge in [0.2, 0.25) is 5.92 Å². The Bertz CT molecular complexity index is 1360. The van der Waals surface area contributed by atoms with Gasteiger partial charge in [0.15, 0.2) is 5.82 Å². The van der Waals surface area contributed by atoms with E-state index in [1.54, 1.807) is 0 Å². The smallest absolute Gasteiger partial charge is 0.348 e. The molecule has 0 amide bonds. The highest BCUT2D eigenvalue weighted by Gasteiger charge is 2.50. The van der Waals surface area contributed by atoms with Gasteiger partial charge in [-0.3, -0.25) is 9.88 Å². The second-order valence-corrected chi connectivity index (χ2v) is 11.5. The third kappa shape index (κ3) is 4.82. The van der Waals surface area contributed by atoms with Gasteiger partial charge in [-0.15, -0.1) is 0 Å². The third-order valence-corrected chi connectivity index (χ3v) is 8.57. The van der Waals surface area contributed by atoms with Crippen LogP contribution in [0.25, 0.3) is 11.2 Å². The van der Waals surface area contributed by atoms with E-state index in [0.29, 0.717) is 48.2 Å². The quantitative estimate of drug-likeness (QED) is 0.488. The predicted molar refractivity (Wildman–Crippen MR) is 142 cm³/mol. The number of ether oxygens (including phenoxy) is 1. The summed E-state index contributed by atoms with van der Waals surface area (Å²) < 4.78 is 35.6. The number of imidazole rings is 1. The van der Waals surface area contributed by atoms with Crippen molar-refractivity contribution in [2.24, 2.45) is 5.92 Å². The second kappa shape index (κ2) is 9.88. The molecule has 3 fully saturated rings. The molecule has 3 aliphatic rings. The molecule has 2 saturated heterocycles. The van der Waals surface area contributed by atoms with Crippen molar-refractivity contribution < 1.29 is 13.5 Å². The first kappa shape index (κ1) is 25.7. The van der Waals surface area contributed by atoms with E-state index >= 15 is 0 Å². The van der Waals surface area contributed by atoms with Gasteiger partial charge in [0, 0.05) is 56.2 Å². The average Bonchev–Trinajstić information content (AvgIpc) is 3.47. The summed E-state index contributed by atoms with van der Waals surface area (Å²) in [6.07, 6.45) is 1.93. The highest BCUT2D eigenvalue weighted by molar-refractivity contribution is 6.30. The number of aromatic amines is 1. The number of piperazine rings is 1. The van der Waals surface area contributed by atoms with Crippen LogP contribution in [-0.4, -0.2) is 68.7 Å². The fourth-order valence-corrected chi connectivity index (χ4v) is 6.59. The van der Waals surface area contributed by atoms with E-state index in [0.717, 1.165) is 30.8 Å². The van der Waals surface area contributed by atoms with E-state index in [1.807, 2.05) is 35.8 Å². The number of rotatable bonds is 6. The molecule has 8 nitrogen and oxygen atoms in total. The van der Waals surface area contributed by atoms with Gasteiger partial charge in [-0.2, -0.15) is 4.98 Å². The lowest BCUT2D eigenvalue weighted by atomic mass is 9.73. The number of nitrogens with one attached hydrogen (secondary N) is 1. The van der Waals surface area contributed by atoms with Crippen molar-refractivity contribution in [1.82, 2.24) is 24.4 Å². The zero-order valence-corrected chi connectivity index (χ0v) is 22.4. The van der Waals surface area contributed by atoms with E-state index in [1.165, 1.54) is 0 Å². The Morgan fingerprint density at radius 2 is 1.97 bits per heavy atom. The standard InChI is InChI=1S/C27H33ClF2N6O2/c1-16-14-34(23(19-12-27(29,30)13-19)18-5-7-20(28)8-6-18)9-10-35(16)24-22-25(33-26(37)32-24)36(17(2)31-22)15-21-4-3-11-38-21/h5-8,16,19,21,23H,3-4,9-15H2,1-2H3,(H,32,33,37). The van der Waals surface area contributed by atoms with Crippen LogP contribution in [-0.2, 0) is 11.3 Å². The number of H-pyrrole nitrogens is 1. The number of hydrogen-bond donors (Lipinski definition) is 1. The molecular weight excluding hydrogens is 514 g/mol. The summed E-state index contributed by atoms with van der Waals surface area (Å²) in [5, 5.41) is 0.628. The minimum atomic E-state index is -2.59. The molecule has 2 aromatic heterocycles. The zero-order chi connectivity index (χ0) is 26.6. The lowest BCUT2D eigenvalue weighted by Crippen LogP contribution is -2.56. The molecule has 0 bridgehead atoms. The van der Waals surface area contributed by atoms with Crippen LogP contribution >= 0.6 is 11.6 Å². The van der Waals surface area contributed by atoms with Crippen LogP contribution < -0.4 is 10.6 Å². The van der Waals surface area contributed by atoms with Crippen molar-refractivity contribution in [2.75, 3.05) is 31.1 Å². The first-order chi connectivity index (χ1) is 18.2. The molecule has 1 N–H and O–H groups in total. The molecule has 2 aliphatic heterocycles. The number of aromatic nitrogens is 4. The summed E-state index contributed by atoms with van der Waals surface area (Å²) in [7, 11) is 0.